The normalized spacial score (nSPS) is 20.6. The Morgan fingerprint density at radius 2 is 1.63 bits per heavy atom. The minimum Gasteiger partial charge on any atom is -0.508 e. The number of aromatic nitrogens is 5. The van der Waals surface area contributed by atoms with Gasteiger partial charge in [-0.2, -0.15) is 0 Å². The Morgan fingerprint density at radius 3 is 2.33 bits per heavy atom. The van der Waals surface area contributed by atoms with Crippen LogP contribution < -0.4 is 36.0 Å². The molecule has 9 rings (SSSR count). The maximum absolute atomic E-state index is 15.4. The fourth-order valence-electron chi connectivity index (χ4n) is 9.64. The molecule has 4 heterocycles. The third kappa shape index (κ3) is 6.41. The molecule has 2 amide bonds. The standard InChI is InChI=1S/C44H36ClF3N6O9/c1-50-33-22-36(62-3)35(61-2)21-31(33)49-30(39(50)57)15-16-51-41(59)52-17-14-27-32(54(52)42(51)60)20-29-38(56)53(25-11-7-10-24(45)18-25)40(58)43(29,23-8-5-4-6-9-23)37(27)28-19-26(12-13-34(28)55)63-44(46,47)48/h4-14,18-19,21-22,29,32,37,55H,15-17,20H2,1-3H3/t29-,32+,37+,43+/m0/s1. The summed E-state index contributed by atoms with van der Waals surface area (Å²) in [5, 5.41) is 11.8. The second-order valence-electron chi connectivity index (χ2n) is 15.4. The molecular weight excluding hydrogens is 849 g/mol. The number of fused-ring (bicyclic) bond motifs is 5. The molecule has 0 bridgehead atoms. The number of methoxy groups -OCH3 is 2. The van der Waals surface area contributed by atoms with Crippen molar-refractivity contribution in [1.82, 2.24) is 23.5 Å². The highest BCUT2D eigenvalue weighted by Gasteiger charge is 2.69. The summed E-state index contributed by atoms with van der Waals surface area (Å²) in [4.78, 5) is 78.3. The largest absolute Gasteiger partial charge is 0.573 e. The van der Waals surface area contributed by atoms with Crippen LogP contribution in [-0.2, 0) is 41.6 Å². The van der Waals surface area contributed by atoms with Crippen LogP contribution in [0.25, 0.3) is 11.0 Å². The number of aromatic hydroxyl groups is 1. The number of allylic oxidation sites excluding steroid dienone is 2. The Labute approximate surface area is 359 Å². The van der Waals surface area contributed by atoms with Crippen LogP contribution in [0.2, 0.25) is 5.02 Å². The van der Waals surface area contributed by atoms with E-state index in [1.807, 2.05) is 0 Å². The number of amides is 2. The van der Waals surface area contributed by atoms with E-state index in [0.717, 1.165) is 27.7 Å². The summed E-state index contributed by atoms with van der Waals surface area (Å²) in [6, 6.07) is 19.3. The predicted octanol–water partition coefficient (Wildman–Crippen LogP) is 5.37. The predicted molar refractivity (Wildman–Crippen MR) is 222 cm³/mol. The molecule has 19 heteroatoms. The molecule has 4 aromatic carbocycles. The van der Waals surface area contributed by atoms with Gasteiger partial charge in [0.15, 0.2) is 11.5 Å². The number of anilines is 1. The molecule has 4 atom stereocenters. The molecule has 2 fully saturated rings. The molecule has 1 saturated heterocycles. The molecule has 15 nitrogen and oxygen atoms in total. The molecule has 0 unspecified atom stereocenters. The smallest absolute Gasteiger partial charge is 0.508 e. The topological polar surface area (TPSA) is 169 Å². The van der Waals surface area contributed by atoms with Gasteiger partial charge in [0, 0.05) is 48.6 Å². The van der Waals surface area contributed by atoms with Crippen molar-refractivity contribution in [3.8, 4) is 23.0 Å². The Balaban J connectivity index is 1.20. The number of ether oxygens (including phenoxy) is 3. The Morgan fingerprint density at radius 1 is 0.905 bits per heavy atom. The average Bonchev–Trinajstić information content (AvgIpc) is 3.64. The van der Waals surface area contributed by atoms with Crippen LogP contribution in [0.3, 0.4) is 0 Å². The Hall–Kier alpha value is -7.08. The van der Waals surface area contributed by atoms with Crippen molar-refractivity contribution in [1.29, 1.82) is 0 Å². The van der Waals surface area contributed by atoms with Crippen molar-refractivity contribution in [3.05, 3.63) is 150 Å². The molecule has 2 aromatic heterocycles. The van der Waals surface area contributed by atoms with Gasteiger partial charge in [0.1, 0.15) is 17.2 Å². The number of phenols is 1. The lowest BCUT2D eigenvalue weighted by molar-refractivity contribution is -0.274. The van der Waals surface area contributed by atoms with Gasteiger partial charge >= 0.3 is 17.7 Å². The number of nitrogens with zero attached hydrogens (tertiary/aromatic N) is 6. The highest BCUT2D eigenvalue weighted by molar-refractivity contribution is 6.32. The van der Waals surface area contributed by atoms with Gasteiger partial charge in [-0.05, 0) is 54.0 Å². The zero-order valence-electron chi connectivity index (χ0n) is 33.6. The van der Waals surface area contributed by atoms with Crippen LogP contribution >= 0.6 is 11.6 Å². The molecule has 1 N–H and O–H groups in total. The fraction of sp³-hybridized carbons (Fsp3) is 0.273. The minimum atomic E-state index is -5.13. The van der Waals surface area contributed by atoms with E-state index in [0.29, 0.717) is 28.1 Å². The lowest BCUT2D eigenvalue weighted by Crippen LogP contribution is -2.53. The van der Waals surface area contributed by atoms with E-state index in [1.165, 1.54) is 40.3 Å². The van der Waals surface area contributed by atoms with Crippen molar-refractivity contribution in [3.63, 3.8) is 0 Å². The number of carbonyl (C=O) groups excluding carboxylic acids is 2. The number of alkyl halides is 3. The monoisotopic (exact) mass is 884 g/mol. The second-order valence-corrected chi connectivity index (χ2v) is 15.9. The van der Waals surface area contributed by atoms with Gasteiger partial charge in [0.25, 0.3) is 5.56 Å². The Kier molecular flexibility index (Phi) is 9.88. The SMILES string of the molecule is COc1cc2nc(CCn3c(=O)n4n(c3=O)[C@@H]3C[C@H]5C(=O)N(c6cccc(Cl)c6)C(=O)[C@@]5(c5ccccc5)[C@@H](c5cc(OC(F)(F)F)ccc5O)C3=CC4)c(=O)n(C)c2cc1OC. The molecular formula is C44H36ClF3N6O9. The first-order valence-corrected chi connectivity index (χ1v) is 20.0. The van der Waals surface area contributed by atoms with Gasteiger partial charge in [-0.25, -0.2) is 33.4 Å². The van der Waals surface area contributed by atoms with Crippen molar-refractivity contribution in [2.45, 2.75) is 49.7 Å². The van der Waals surface area contributed by atoms with Gasteiger partial charge in [-0.1, -0.05) is 54.1 Å². The molecule has 6 aromatic rings. The van der Waals surface area contributed by atoms with E-state index in [2.05, 4.69) is 9.72 Å². The lowest BCUT2D eigenvalue weighted by Gasteiger charge is -2.49. The van der Waals surface area contributed by atoms with Crippen LogP contribution in [0.4, 0.5) is 18.9 Å². The average molecular weight is 885 g/mol. The van der Waals surface area contributed by atoms with Crippen LogP contribution in [0, 0.1) is 5.92 Å². The van der Waals surface area contributed by atoms with E-state index in [4.69, 9.17) is 21.1 Å². The first kappa shape index (κ1) is 41.3. The number of halogens is 4. The van der Waals surface area contributed by atoms with Gasteiger partial charge < -0.3 is 23.9 Å². The van der Waals surface area contributed by atoms with Crippen molar-refractivity contribution < 1.29 is 42.1 Å². The fourth-order valence-corrected chi connectivity index (χ4v) is 9.82. The van der Waals surface area contributed by atoms with E-state index >= 15 is 4.79 Å². The third-order valence-corrected chi connectivity index (χ3v) is 12.5. The summed E-state index contributed by atoms with van der Waals surface area (Å²) >= 11 is 6.36. The van der Waals surface area contributed by atoms with E-state index < -0.39 is 69.9 Å². The van der Waals surface area contributed by atoms with Gasteiger partial charge in [-0.3, -0.25) is 14.4 Å². The summed E-state index contributed by atoms with van der Waals surface area (Å²) in [6.45, 7) is -0.525. The van der Waals surface area contributed by atoms with Crippen molar-refractivity contribution >= 4 is 40.1 Å². The maximum atomic E-state index is 15.4. The highest BCUT2D eigenvalue weighted by atomic mass is 35.5. The summed E-state index contributed by atoms with van der Waals surface area (Å²) < 4.78 is 60.8. The number of carbonyl (C=O) groups is 2. The first-order chi connectivity index (χ1) is 30.1. The van der Waals surface area contributed by atoms with Crippen LogP contribution in [0.15, 0.2) is 111 Å². The van der Waals surface area contributed by atoms with E-state index in [9.17, 15) is 37.5 Å². The molecule has 1 aliphatic carbocycles. The van der Waals surface area contributed by atoms with Gasteiger partial charge in [0.05, 0.1) is 54.9 Å². The quantitative estimate of drug-likeness (QED) is 0.147. The molecule has 324 valence electrons. The molecule has 3 aliphatic rings. The Bertz CT molecular complexity index is 3100. The molecule has 63 heavy (non-hydrogen) atoms. The zero-order valence-corrected chi connectivity index (χ0v) is 34.4. The van der Waals surface area contributed by atoms with Crippen molar-refractivity contribution in [2.75, 3.05) is 19.1 Å². The van der Waals surface area contributed by atoms with Gasteiger partial charge in [-0.15, -0.1) is 13.2 Å². The van der Waals surface area contributed by atoms with Crippen molar-refractivity contribution in [2.24, 2.45) is 13.0 Å². The summed E-state index contributed by atoms with van der Waals surface area (Å²) in [5.74, 6) is -4.63. The number of hydrogen-bond acceptors (Lipinski definition) is 10. The number of benzene rings is 4. The number of rotatable bonds is 9. The first-order valence-electron chi connectivity index (χ1n) is 19.6. The van der Waals surface area contributed by atoms with Crippen LogP contribution in [-0.4, -0.2) is 61.0 Å². The summed E-state index contributed by atoms with van der Waals surface area (Å²) in [7, 11) is 4.46. The molecule has 1 saturated carbocycles. The number of aryl methyl sites for hydroxylation is 2. The molecule has 0 spiro atoms. The second kappa shape index (κ2) is 15.1. The lowest BCUT2D eigenvalue weighted by atomic mass is 9.53. The summed E-state index contributed by atoms with van der Waals surface area (Å²) in [6.07, 6.45) is -3.90. The zero-order chi connectivity index (χ0) is 44.7. The van der Waals surface area contributed by atoms with E-state index in [-0.39, 0.29) is 53.5 Å². The maximum Gasteiger partial charge on any atom is 0.573 e. The summed E-state index contributed by atoms with van der Waals surface area (Å²) in [5.41, 5.74) is -2.51. The van der Waals surface area contributed by atoms with E-state index in [1.54, 1.807) is 67.7 Å². The van der Waals surface area contributed by atoms with Crippen LogP contribution in [0.1, 0.15) is 35.2 Å². The number of hydrogen-bond donors (Lipinski definition) is 1. The minimum absolute atomic E-state index is 0.0504. The number of imide groups is 1. The highest BCUT2D eigenvalue weighted by Crippen LogP contribution is 2.63. The van der Waals surface area contributed by atoms with Crippen LogP contribution in [0.5, 0.6) is 23.0 Å². The van der Waals surface area contributed by atoms with Gasteiger partial charge in [0.2, 0.25) is 11.8 Å². The molecule has 2 aliphatic heterocycles. The third-order valence-electron chi connectivity index (χ3n) is 12.3. The molecule has 0 radical (unpaired) electrons. The number of phenolic OH excluding ortho intramolecular Hbond substituents is 1.